The number of halogens is 1. The summed E-state index contributed by atoms with van der Waals surface area (Å²) < 4.78 is 27.5. The number of aromatic carboxylic acids is 1. The van der Waals surface area contributed by atoms with Gasteiger partial charge in [-0.2, -0.15) is 0 Å². The zero-order valence-electron chi connectivity index (χ0n) is 10.9. The van der Waals surface area contributed by atoms with Crippen molar-refractivity contribution in [3.63, 3.8) is 0 Å². The van der Waals surface area contributed by atoms with Gasteiger partial charge in [0.05, 0.1) is 10.5 Å². The summed E-state index contributed by atoms with van der Waals surface area (Å²) in [6.07, 6.45) is 1.48. The second-order valence-electron chi connectivity index (χ2n) is 4.25. The molecule has 2 N–H and O–H groups in total. The molecule has 0 saturated heterocycles. The van der Waals surface area contributed by atoms with Crippen LogP contribution in [0.2, 0.25) is 0 Å². The summed E-state index contributed by atoms with van der Waals surface area (Å²) in [7, 11) is -3.81. The minimum absolute atomic E-state index is 0.0203. The average Bonchev–Trinajstić information content (AvgIpc) is 2.42. The Morgan fingerprint density at radius 2 is 1.90 bits per heavy atom. The topological polar surface area (TPSA) is 96.4 Å². The summed E-state index contributed by atoms with van der Waals surface area (Å²) in [5.74, 6) is -0.891. The SMILES string of the molecule is Cc1cc(Br)cnc1NS(=O)(=O)c1ccc(C(=O)O)cc1. The molecular formula is C13H11BrN2O4S. The molecule has 0 fully saturated rings. The molecule has 21 heavy (non-hydrogen) atoms. The highest BCUT2D eigenvalue weighted by molar-refractivity contribution is 9.10. The lowest BCUT2D eigenvalue weighted by molar-refractivity contribution is 0.0696. The number of aryl methyl sites for hydroxylation is 1. The Balaban J connectivity index is 2.31. The fourth-order valence-corrected chi connectivity index (χ4v) is 3.14. The molecule has 6 nitrogen and oxygen atoms in total. The number of nitrogens with one attached hydrogen (secondary N) is 1. The van der Waals surface area contributed by atoms with E-state index in [1.807, 2.05) is 0 Å². The minimum atomic E-state index is -3.81. The monoisotopic (exact) mass is 370 g/mol. The van der Waals surface area contributed by atoms with Crippen molar-refractivity contribution < 1.29 is 18.3 Å². The van der Waals surface area contributed by atoms with Crippen molar-refractivity contribution in [3.05, 3.63) is 52.1 Å². The molecule has 0 radical (unpaired) electrons. The second kappa shape index (κ2) is 5.82. The molecule has 1 aromatic heterocycles. The van der Waals surface area contributed by atoms with Gasteiger partial charge in [-0.3, -0.25) is 4.72 Å². The van der Waals surface area contributed by atoms with E-state index >= 15 is 0 Å². The van der Waals surface area contributed by atoms with E-state index in [1.54, 1.807) is 13.0 Å². The molecule has 0 aliphatic heterocycles. The average molecular weight is 371 g/mol. The molecule has 1 aromatic carbocycles. The van der Waals surface area contributed by atoms with Gasteiger partial charge >= 0.3 is 5.97 Å². The maximum absolute atomic E-state index is 12.2. The molecule has 0 spiro atoms. The molecule has 2 rings (SSSR count). The molecule has 0 bridgehead atoms. The number of carbonyl (C=O) groups is 1. The fraction of sp³-hybridized carbons (Fsp3) is 0.0769. The minimum Gasteiger partial charge on any atom is -0.478 e. The molecule has 1 heterocycles. The van der Waals surface area contributed by atoms with Crippen LogP contribution in [0.5, 0.6) is 0 Å². The summed E-state index contributed by atoms with van der Waals surface area (Å²) in [6, 6.07) is 6.68. The number of nitrogens with zero attached hydrogens (tertiary/aromatic N) is 1. The van der Waals surface area contributed by atoms with Gasteiger partial charge in [0.25, 0.3) is 10.0 Å². The number of sulfonamides is 1. The molecule has 8 heteroatoms. The Kier molecular flexibility index (Phi) is 4.29. The summed E-state index contributed by atoms with van der Waals surface area (Å²) in [4.78, 5) is 14.7. The van der Waals surface area contributed by atoms with Gasteiger partial charge in [0, 0.05) is 10.7 Å². The zero-order valence-corrected chi connectivity index (χ0v) is 13.3. The number of carboxylic acid groups (broad SMARTS) is 1. The smallest absolute Gasteiger partial charge is 0.335 e. The van der Waals surface area contributed by atoms with Crippen LogP contribution in [0, 0.1) is 6.92 Å². The number of benzene rings is 1. The molecule has 0 saturated carbocycles. The van der Waals surface area contributed by atoms with E-state index in [0.717, 1.165) is 4.47 Å². The van der Waals surface area contributed by atoms with Crippen LogP contribution in [-0.4, -0.2) is 24.5 Å². The summed E-state index contributed by atoms with van der Waals surface area (Å²) >= 11 is 3.25. The largest absolute Gasteiger partial charge is 0.478 e. The highest BCUT2D eigenvalue weighted by Gasteiger charge is 2.16. The van der Waals surface area contributed by atoms with Crippen molar-refractivity contribution in [3.8, 4) is 0 Å². The van der Waals surface area contributed by atoms with E-state index in [4.69, 9.17) is 5.11 Å². The molecule has 0 aliphatic rings. The van der Waals surface area contributed by atoms with Crippen LogP contribution < -0.4 is 4.72 Å². The predicted octanol–water partition coefficient (Wildman–Crippen LogP) is 2.65. The van der Waals surface area contributed by atoms with Crippen LogP contribution in [0.4, 0.5) is 5.82 Å². The quantitative estimate of drug-likeness (QED) is 0.862. The van der Waals surface area contributed by atoms with Gasteiger partial charge in [0.15, 0.2) is 0 Å². The number of aromatic nitrogens is 1. The zero-order chi connectivity index (χ0) is 15.6. The third-order valence-electron chi connectivity index (χ3n) is 2.69. The van der Waals surface area contributed by atoms with Crippen molar-refractivity contribution in [1.29, 1.82) is 0 Å². The van der Waals surface area contributed by atoms with Gasteiger partial charge in [-0.05, 0) is 58.7 Å². The Bertz CT molecular complexity index is 788. The maximum Gasteiger partial charge on any atom is 0.335 e. The van der Waals surface area contributed by atoms with E-state index in [-0.39, 0.29) is 16.3 Å². The molecule has 0 unspecified atom stereocenters. The predicted molar refractivity (Wildman–Crippen MR) is 80.9 cm³/mol. The molecule has 110 valence electrons. The van der Waals surface area contributed by atoms with Crippen LogP contribution in [0.1, 0.15) is 15.9 Å². The van der Waals surface area contributed by atoms with Crippen LogP contribution >= 0.6 is 15.9 Å². The number of anilines is 1. The third-order valence-corrected chi connectivity index (χ3v) is 4.48. The van der Waals surface area contributed by atoms with Gasteiger partial charge in [0.1, 0.15) is 5.82 Å². The first kappa shape index (κ1) is 15.5. The Morgan fingerprint density at radius 3 is 2.43 bits per heavy atom. The molecular weight excluding hydrogens is 360 g/mol. The Hall–Kier alpha value is -1.93. The van der Waals surface area contributed by atoms with Crippen molar-refractivity contribution in [2.75, 3.05) is 4.72 Å². The van der Waals surface area contributed by atoms with Gasteiger partial charge in [-0.1, -0.05) is 0 Å². The molecule has 0 amide bonds. The van der Waals surface area contributed by atoms with Crippen molar-refractivity contribution in [2.24, 2.45) is 0 Å². The van der Waals surface area contributed by atoms with Gasteiger partial charge in [-0.15, -0.1) is 0 Å². The number of carboxylic acids is 1. The highest BCUT2D eigenvalue weighted by atomic mass is 79.9. The number of hydrogen-bond donors (Lipinski definition) is 2. The van der Waals surface area contributed by atoms with Crippen LogP contribution in [0.15, 0.2) is 45.9 Å². The van der Waals surface area contributed by atoms with Crippen LogP contribution in [-0.2, 0) is 10.0 Å². The normalized spacial score (nSPS) is 11.1. The standard InChI is InChI=1S/C13H11BrN2O4S/c1-8-6-10(14)7-15-12(8)16-21(19,20)11-4-2-9(3-5-11)13(17)18/h2-7H,1H3,(H,15,16)(H,17,18). The Labute approximate surface area is 130 Å². The summed E-state index contributed by atoms with van der Waals surface area (Å²) in [6.45, 7) is 1.73. The van der Waals surface area contributed by atoms with Gasteiger partial charge in [-0.25, -0.2) is 18.2 Å². The number of pyridine rings is 1. The van der Waals surface area contributed by atoms with E-state index in [9.17, 15) is 13.2 Å². The lowest BCUT2D eigenvalue weighted by atomic mass is 10.2. The van der Waals surface area contributed by atoms with E-state index in [1.165, 1.54) is 30.5 Å². The van der Waals surface area contributed by atoms with Crippen LogP contribution in [0.3, 0.4) is 0 Å². The molecule has 2 aromatic rings. The first-order chi connectivity index (χ1) is 9.79. The number of rotatable bonds is 4. The van der Waals surface area contributed by atoms with E-state index in [0.29, 0.717) is 5.56 Å². The van der Waals surface area contributed by atoms with E-state index < -0.39 is 16.0 Å². The summed E-state index contributed by atoms with van der Waals surface area (Å²) in [5, 5.41) is 8.80. The first-order valence-corrected chi connectivity index (χ1v) is 8.05. The molecule has 0 aliphatic carbocycles. The Morgan fingerprint density at radius 1 is 1.29 bits per heavy atom. The van der Waals surface area contributed by atoms with Crippen molar-refractivity contribution in [1.82, 2.24) is 4.98 Å². The number of hydrogen-bond acceptors (Lipinski definition) is 4. The first-order valence-electron chi connectivity index (χ1n) is 5.78. The van der Waals surface area contributed by atoms with Crippen molar-refractivity contribution >= 4 is 37.7 Å². The lowest BCUT2D eigenvalue weighted by Gasteiger charge is -2.10. The highest BCUT2D eigenvalue weighted by Crippen LogP contribution is 2.20. The third kappa shape index (κ3) is 3.59. The molecule has 0 atom stereocenters. The maximum atomic E-state index is 12.2. The van der Waals surface area contributed by atoms with Gasteiger partial charge < -0.3 is 5.11 Å². The van der Waals surface area contributed by atoms with Gasteiger partial charge in [0.2, 0.25) is 0 Å². The van der Waals surface area contributed by atoms with Crippen LogP contribution in [0.25, 0.3) is 0 Å². The summed E-state index contributed by atoms with van der Waals surface area (Å²) in [5.41, 5.74) is 0.682. The van der Waals surface area contributed by atoms with E-state index in [2.05, 4.69) is 25.6 Å². The second-order valence-corrected chi connectivity index (χ2v) is 6.85. The van der Waals surface area contributed by atoms with Crippen molar-refractivity contribution in [2.45, 2.75) is 11.8 Å². The fourth-order valence-electron chi connectivity index (χ4n) is 1.61. The lowest BCUT2D eigenvalue weighted by Crippen LogP contribution is -2.15.